The molecule has 8 heteroatoms. The van der Waals surface area contributed by atoms with Crippen molar-refractivity contribution >= 4 is 29.0 Å². The van der Waals surface area contributed by atoms with Gasteiger partial charge in [-0.05, 0) is 55.2 Å². The lowest BCUT2D eigenvalue weighted by atomic mass is 10.1. The van der Waals surface area contributed by atoms with Crippen molar-refractivity contribution in [2.75, 3.05) is 25.0 Å². The molecular weight excluding hydrogens is 352 g/mol. The van der Waals surface area contributed by atoms with E-state index in [1.807, 2.05) is 5.38 Å². The first-order valence-electron chi connectivity index (χ1n) is 8.92. The van der Waals surface area contributed by atoms with E-state index in [1.54, 1.807) is 24.3 Å². The van der Waals surface area contributed by atoms with Gasteiger partial charge in [0.1, 0.15) is 5.76 Å². The molecule has 0 aromatic carbocycles. The summed E-state index contributed by atoms with van der Waals surface area (Å²) in [5, 5.41) is 13.0. The quantitative estimate of drug-likeness (QED) is 0.784. The number of thiophene rings is 1. The minimum Gasteiger partial charge on any atom is -0.360 e. The van der Waals surface area contributed by atoms with Gasteiger partial charge in [-0.2, -0.15) is 11.3 Å². The maximum atomic E-state index is 12.2. The van der Waals surface area contributed by atoms with Gasteiger partial charge in [0.25, 0.3) is 0 Å². The summed E-state index contributed by atoms with van der Waals surface area (Å²) in [7, 11) is 0. The van der Waals surface area contributed by atoms with Crippen LogP contribution in [0.25, 0.3) is 0 Å². The molecule has 1 aliphatic heterocycles. The number of likely N-dealkylation sites (tertiary alicyclic amines) is 1. The molecule has 3 rings (SSSR count). The predicted octanol–water partition coefficient (Wildman–Crippen LogP) is 2.72. The highest BCUT2D eigenvalue weighted by molar-refractivity contribution is 7.08. The standard InChI is InChI=1S/C18H24N4O3S/c1-13-10-16(21-25-13)20-18(24)17(23)19-11-15(14-6-9-26-12-14)22-7-4-2-3-5-8-22/h6,9-10,12,15H,2-5,7-8,11H2,1H3,(H,19,23)(H,20,21,24). The number of aryl methyl sites for hydroxylation is 1. The molecule has 140 valence electrons. The second kappa shape index (κ2) is 8.95. The van der Waals surface area contributed by atoms with E-state index in [1.165, 1.54) is 31.2 Å². The fraction of sp³-hybridized carbons (Fsp3) is 0.500. The molecule has 1 atom stereocenters. The number of nitrogens with zero attached hydrogens (tertiary/aromatic N) is 2. The highest BCUT2D eigenvalue weighted by Crippen LogP contribution is 2.25. The Balaban J connectivity index is 1.59. The Kier molecular flexibility index (Phi) is 6.40. The van der Waals surface area contributed by atoms with Crippen LogP contribution in [0, 0.1) is 6.92 Å². The molecule has 2 aromatic rings. The molecule has 0 saturated carbocycles. The zero-order chi connectivity index (χ0) is 18.4. The first kappa shape index (κ1) is 18.6. The Morgan fingerprint density at radius 1 is 1.27 bits per heavy atom. The van der Waals surface area contributed by atoms with Crippen molar-refractivity contribution in [1.29, 1.82) is 0 Å². The summed E-state index contributed by atoms with van der Waals surface area (Å²) < 4.78 is 4.88. The van der Waals surface area contributed by atoms with Crippen LogP contribution in [0.1, 0.15) is 43.0 Å². The molecule has 0 radical (unpaired) electrons. The minimum absolute atomic E-state index is 0.0883. The lowest BCUT2D eigenvalue weighted by Gasteiger charge is -2.30. The summed E-state index contributed by atoms with van der Waals surface area (Å²) in [6.45, 7) is 4.15. The van der Waals surface area contributed by atoms with Gasteiger partial charge in [-0.25, -0.2) is 0 Å². The molecule has 0 bridgehead atoms. The summed E-state index contributed by atoms with van der Waals surface area (Å²) in [6.07, 6.45) is 4.83. The number of aromatic nitrogens is 1. The molecule has 1 fully saturated rings. The molecule has 0 spiro atoms. The number of carbonyl (C=O) groups excluding carboxylic acids is 2. The molecule has 3 heterocycles. The van der Waals surface area contributed by atoms with Crippen molar-refractivity contribution < 1.29 is 14.1 Å². The van der Waals surface area contributed by atoms with Crippen LogP contribution in [0.5, 0.6) is 0 Å². The van der Waals surface area contributed by atoms with Gasteiger partial charge >= 0.3 is 11.8 Å². The summed E-state index contributed by atoms with van der Waals surface area (Å²) in [6, 6.07) is 3.74. The molecular formula is C18H24N4O3S. The van der Waals surface area contributed by atoms with Gasteiger partial charge in [0.05, 0.1) is 6.04 Å². The number of carbonyl (C=O) groups is 2. The topological polar surface area (TPSA) is 87.5 Å². The third kappa shape index (κ3) is 4.92. The van der Waals surface area contributed by atoms with Crippen LogP contribution < -0.4 is 10.6 Å². The molecule has 26 heavy (non-hydrogen) atoms. The summed E-state index contributed by atoms with van der Waals surface area (Å²) in [5.74, 6) is -0.595. The van der Waals surface area contributed by atoms with Crippen molar-refractivity contribution in [3.05, 3.63) is 34.2 Å². The maximum Gasteiger partial charge on any atom is 0.314 e. The summed E-state index contributed by atoms with van der Waals surface area (Å²) in [5.41, 5.74) is 1.18. The van der Waals surface area contributed by atoms with Crippen LogP contribution in [0.4, 0.5) is 5.82 Å². The zero-order valence-electron chi connectivity index (χ0n) is 14.9. The second-order valence-corrected chi connectivity index (χ2v) is 7.29. The monoisotopic (exact) mass is 376 g/mol. The molecule has 7 nitrogen and oxygen atoms in total. The molecule has 0 aliphatic carbocycles. The van der Waals surface area contributed by atoms with Gasteiger partial charge in [0.15, 0.2) is 5.82 Å². The highest BCUT2D eigenvalue weighted by Gasteiger charge is 2.24. The van der Waals surface area contributed by atoms with Gasteiger partial charge in [-0.15, -0.1) is 0 Å². The first-order valence-corrected chi connectivity index (χ1v) is 9.86. The van der Waals surface area contributed by atoms with Crippen LogP contribution in [-0.2, 0) is 9.59 Å². The Morgan fingerprint density at radius 2 is 2.04 bits per heavy atom. The van der Waals surface area contributed by atoms with Gasteiger partial charge in [-0.3, -0.25) is 19.8 Å². The van der Waals surface area contributed by atoms with Crippen molar-refractivity contribution in [2.24, 2.45) is 0 Å². The van der Waals surface area contributed by atoms with E-state index in [0.29, 0.717) is 12.3 Å². The molecule has 1 saturated heterocycles. The predicted molar refractivity (Wildman–Crippen MR) is 100.0 cm³/mol. The fourth-order valence-electron chi connectivity index (χ4n) is 3.20. The van der Waals surface area contributed by atoms with Crippen molar-refractivity contribution in [3.8, 4) is 0 Å². The van der Waals surface area contributed by atoms with Gasteiger partial charge < -0.3 is 9.84 Å². The average molecular weight is 376 g/mol. The molecule has 2 N–H and O–H groups in total. The van der Waals surface area contributed by atoms with E-state index < -0.39 is 11.8 Å². The molecule has 1 aliphatic rings. The van der Waals surface area contributed by atoms with E-state index in [9.17, 15) is 9.59 Å². The molecule has 2 amide bonds. The third-order valence-electron chi connectivity index (χ3n) is 4.54. The van der Waals surface area contributed by atoms with Crippen LogP contribution in [0.3, 0.4) is 0 Å². The summed E-state index contributed by atoms with van der Waals surface area (Å²) in [4.78, 5) is 26.6. The van der Waals surface area contributed by atoms with E-state index in [4.69, 9.17) is 4.52 Å². The maximum absolute atomic E-state index is 12.2. The van der Waals surface area contributed by atoms with E-state index in [2.05, 4.69) is 32.1 Å². The van der Waals surface area contributed by atoms with Gasteiger partial charge in [0, 0.05) is 12.6 Å². The Morgan fingerprint density at radius 3 is 2.65 bits per heavy atom. The van der Waals surface area contributed by atoms with Gasteiger partial charge in [0.2, 0.25) is 0 Å². The summed E-state index contributed by atoms with van der Waals surface area (Å²) >= 11 is 1.64. The van der Waals surface area contributed by atoms with E-state index >= 15 is 0 Å². The highest BCUT2D eigenvalue weighted by atomic mass is 32.1. The number of amides is 2. The number of rotatable bonds is 5. The molecule has 2 aromatic heterocycles. The van der Waals surface area contributed by atoms with E-state index in [-0.39, 0.29) is 11.9 Å². The van der Waals surface area contributed by atoms with Crippen LogP contribution >= 0.6 is 11.3 Å². The van der Waals surface area contributed by atoms with Crippen molar-refractivity contribution in [3.63, 3.8) is 0 Å². The number of nitrogens with one attached hydrogen (secondary N) is 2. The van der Waals surface area contributed by atoms with Gasteiger partial charge in [-0.1, -0.05) is 18.0 Å². The Bertz CT molecular complexity index is 721. The minimum atomic E-state index is -0.738. The number of hydrogen-bond donors (Lipinski definition) is 2. The largest absolute Gasteiger partial charge is 0.360 e. The third-order valence-corrected chi connectivity index (χ3v) is 5.24. The lowest BCUT2D eigenvalue weighted by molar-refractivity contribution is -0.136. The smallest absolute Gasteiger partial charge is 0.314 e. The van der Waals surface area contributed by atoms with E-state index in [0.717, 1.165) is 13.1 Å². The Labute approximate surface area is 156 Å². The zero-order valence-corrected chi connectivity index (χ0v) is 15.7. The second-order valence-electron chi connectivity index (χ2n) is 6.51. The average Bonchev–Trinajstić information content (AvgIpc) is 3.21. The SMILES string of the molecule is Cc1cc(NC(=O)C(=O)NCC(c2ccsc2)N2CCCCCC2)no1. The van der Waals surface area contributed by atoms with Crippen molar-refractivity contribution in [2.45, 2.75) is 38.6 Å². The normalized spacial score (nSPS) is 16.7. The first-order chi connectivity index (χ1) is 12.6. The number of anilines is 1. The van der Waals surface area contributed by atoms with Crippen molar-refractivity contribution in [1.82, 2.24) is 15.4 Å². The number of hydrogen-bond acceptors (Lipinski definition) is 6. The van der Waals surface area contributed by atoms with Crippen LogP contribution in [-0.4, -0.2) is 41.5 Å². The fourth-order valence-corrected chi connectivity index (χ4v) is 3.90. The lowest BCUT2D eigenvalue weighted by Crippen LogP contribution is -2.42. The van der Waals surface area contributed by atoms with Crippen LogP contribution in [0.2, 0.25) is 0 Å². The van der Waals surface area contributed by atoms with Crippen LogP contribution in [0.15, 0.2) is 27.4 Å². The Hall–Kier alpha value is -2.19. The molecule has 1 unspecified atom stereocenters.